The number of rotatable bonds is 4. The van der Waals surface area contributed by atoms with Crippen molar-refractivity contribution in [1.29, 1.82) is 0 Å². The number of amides is 3. The van der Waals surface area contributed by atoms with Gasteiger partial charge in [-0.25, -0.2) is 9.78 Å². The molecule has 4 fully saturated rings. The Hall–Kier alpha value is -2.16. The molecule has 1 aliphatic heterocycles. The van der Waals surface area contributed by atoms with Crippen LogP contribution in [0.25, 0.3) is 0 Å². The zero-order valence-corrected chi connectivity index (χ0v) is 20.6. The summed E-state index contributed by atoms with van der Waals surface area (Å²) in [5, 5.41) is 6.27. The van der Waals surface area contributed by atoms with Crippen LogP contribution in [0, 0.1) is 23.2 Å². The fraction of sp³-hybridized carbons (Fsp3) is 0.750. The quantitative estimate of drug-likeness (QED) is 0.693. The summed E-state index contributed by atoms with van der Waals surface area (Å²) in [5.41, 5.74) is 0.123. The van der Waals surface area contributed by atoms with E-state index < -0.39 is 5.60 Å². The summed E-state index contributed by atoms with van der Waals surface area (Å²) in [6.07, 6.45) is 7.11. The van der Waals surface area contributed by atoms with Crippen molar-refractivity contribution in [3.63, 3.8) is 0 Å². The van der Waals surface area contributed by atoms with Gasteiger partial charge in [-0.1, -0.05) is 11.3 Å². The van der Waals surface area contributed by atoms with Crippen LogP contribution in [0.3, 0.4) is 0 Å². The van der Waals surface area contributed by atoms with E-state index in [-0.39, 0.29) is 29.9 Å². The summed E-state index contributed by atoms with van der Waals surface area (Å²) in [6.45, 7) is 6.49. The molecule has 1 aromatic heterocycles. The Bertz CT molecular complexity index is 931. The highest BCUT2D eigenvalue weighted by Crippen LogP contribution is 2.60. The van der Waals surface area contributed by atoms with E-state index in [2.05, 4.69) is 15.6 Å². The molecular weight excluding hydrogens is 440 g/mol. The Morgan fingerprint density at radius 1 is 1.12 bits per heavy atom. The molecular formula is C24H34N4O4S. The van der Waals surface area contributed by atoms with Gasteiger partial charge in [0, 0.05) is 23.3 Å². The van der Waals surface area contributed by atoms with Crippen LogP contribution in [0.5, 0.6) is 0 Å². The van der Waals surface area contributed by atoms with E-state index in [0.29, 0.717) is 42.4 Å². The van der Waals surface area contributed by atoms with Crippen LogP contribution in [-0.4, -0.2) is 46.5 Å². The minimum Gasteiger partial charge on any atom is -0.444 e. The van der Waals surface area contributed by atoms with E-state index in [1.54, 1.807) is 4.90 Å². The van der Waals surface area contributed by atoms with Gasteiger partial charge in [0.2, 0.25) is 11.8 Å². The third kappa shape index (κ3) is 4.74. The van der Waals surface area contributed by atoms with Gasteiger partial charge in [-0.05, 0) is 77.0 Å². The number of fused-ring (bicyclic) bond motifs is 1. The van der Waals surface area contributed by atoms with E-state index in [1.165, 1.54) is 30.6 Å². The molecule has 4 saturated carbocycles. The van der Waals surface area contributed by atoms with Crippen LogP contribution in [0.4, 0.5) is 9.93 Å². The van der Waals surface area contributed by atoms with Crippen molar-refractivity contribution in [2.75, 3.05) is 18.4 Å². The molecule has 3 amide bonds. The highest BCUT2D eigenvalue weighted by atomic mass is 32.1. The first-order chi connectivity index (χ1) is 15.6. The number of aromatic nitrogens is 1. The molecule has 6 rings (SSSR count). The van der Waals surface area contributed by atoms with Crippen molar-refractivity contribution in [3.8, 4) is 0 Å². The number of thiazole rings is 1. The number of anilines is 1. The van der Waals surface area contributed by atoms with Gasteiger partial charge in [-0.2, -0.15) is 0 Å². The molecule has 8 nitrogen and oxygen atoms in total. The second kappa shape index (κ2) is 8.25. The molecule has 4 aliphatic carbocycles. The van der Waals surface area contributed by atoms with Gasteiger partial charge in [0.05, 0.1) is 18.8 Å². The predicted octanol–water partition coefficient (Wildman–Crippen LogP) is 3.71. The molecule has 0 radical (unpaired) electrons. The Balaban J connectivity index is 1.14. The topological polar surface area (TPSA) is 101 Å². The Kier molecular flexibility index (Phi) is 5.66. The zero-order chi connectivity index (χ0) is 23.4. The molecule has 0 unspecified atom stereocenters. The van der Waals surface area contributed by atoms with Gasteiger partial charge in [-0.15, -0.1) is 0 Å². The van der Waals surface area contributed by atoms with Gasteiger partial charge in [0.25, 0.3) is 0 Å². The van der Waals surface area contributed by atoms with Gasteiger partial charge < -0.3 is 20.3 Å². The molecule has 1 aromatic rings. The largest absolute Gasteiger partial charge is 0.444 e. The van der Waals surface area contributed by atoms with Crippen molar-refractivity contribution in [2.45, 2.75) is 77.9 Å². The number of ether oxygens (including phenoxy) is 1. The fourth-order valence-electron chi connectivity index (χ4n) is 6.63. The van der Waals surface area contributed by atoms with Crippen molar-refractivity contribution < 1.29 is 19.1 Å². The zero-order valence-electron chi connectivity index (χ0n) is 19.7. The third-order valence-corrected chi connectivity index (χ3v) is 8.56. The van der Waals surface area contributed by atoms with Gasteiger partial charge in [-0.3, -0.25) is 9.59 Å². The van der Waals surface area contributed by atoms with Crippen LogP contribution in [0.15, 0.2) is 0 Å². The van der Waals surface area contributed by atoms with Crippen molar-refractivity contribution in [2.24, 2.45) is 23.2 Å². The number of carbonyl (C=O) groups excluding carboxylic acids is 3. The van der Waals surface area contributed by atoms with Gasteiger partial charge >= 0.3 is 6.09 Å². The van der Waals surface area contributed by atoms with Crippen molar-refractivity contribution in [1.82, 2.24) is 15.2 Å². The van der Waals surface area contributed by atoms with E-state index in [9.17, 15) is 14.4 Å². The van der Waals surface area contributed by atoms with Gasteiger partial charge in [0.15, 0.2) is 5.13 Å². The lowest BCUT2D eigenvalue weighted by Gasteiger charge is -2.55. The maximum absolute atomic E-state index is 13.1. The number of carbonyl (C=O) groups is 3. The lowest BCUT2D eigenvalue weighted by Crippen LogP contribution is -2.54. The molecule has 2 heterocycles. The monoisotopic (exact) mass is 474 g/mol. The van der Waals surface area contributed by atoms with Crippen molar-refractivity contribution in [3.05, 3.63) is 10.6 Å². The lowest BCUT2D eigenvalue weighted by molar-refractivity contribution is -0.146. The first-order valence-corrected chi connectivity index (χ1v) is 12.9. The molecule has 180 valence electrons. The number of nitrogens with zero attached hydrogens (tertiary/aromatic N) is 2. The standard InChI is InChI=1S/C24H34N4O4S/c1-23(2,3)32-22(31)28-5-4-17-18(13-28)33-21(26-17)27-19(29)12-25-20(30)24-9-14-6-15(10-24)8-16(7-14)11-24/h14-16H,4-13H2,1-3H3,(H,25,30)(H,26,27,29). The van der Waals surface area contributed by atoms with E-state index >= 15 is 0 Å². The summed E-state index contributed by atoms with van der Waals surface area (Å²) >= 11 is 1.38. The molecule has 0 spiro atoms. The molecule has 0 atom stereocenters. The van der Waals surface area contributed by atoms with Crippen LogP contribution in [0.2, 0.25) is 0 Å². The minimum atomic E-state index is -0.537. The molecule has 9 heteroatoms. The van der Waals surface area contributed by atoms with Gasteiger partial charge in [0.1, 0.15) is 5.60 Å². The smallest absolute Gasteiger partial charge is 0.410 e. The molecule has 0 saturated heterocycles. The highest BCUT2D eigenvalue weighted by Gasteiger charge is 2.54. The second-order valence-electron chi connectivity index (χ2n) is 11.5. The highest BCUT2D eigenvalue weighted by molar-refractivity contribution is 7.15. The maximum atomic E-state index is 13.1. The predicted molar refractivity (Wildman–Crippen MR) is 125 cm³/mol. The first kappa shape index (κ1) is 22.6. The number of hydrogen-bond donors (Lipinski definition) is 2. The number of hydrogen-bond acceptors (Lipinski definition) is 6. The maximum Gasteiger partial charge on any atom is 0.410 e. The normalized spacial score (nSPS) is 30.0. The number of nitrogens with one attached hydrogen (secondary N) is 2. The Morgan fingerprint density at radius 3 is 2.36 bits per heavy atom. The van der Waals surface area contributed by atoms with E-state index in [1.807, 2.05) is 20.8 Å². The first-order valence-electron chi connectivity index (χ1n) is 12.1. The van der Waals surface area contributed by atoms with Crippen LogP contribution in [-0.2, 0) is 27.3 Å². The molecule has 33 heavy (non-hydrogen) atoms. The third-order valence-electron chi connectivity index (χ3n) is 7.56. The summed E-state index contributed by atoms with van der Waals surface area (Å²) in [7, 11) is 0. The SMILES string of the molecule is CC(C)(C)OC(=O)N1CCc2nc(NC(=O)CNC(=O)C34CC5CC(CC(C5)C3)C4)sc2C1. The Labute approximate surface area is 198 Å². The van der Waals surface area contributed by atoms with Crippen LogP contribution >= 0.6 is 11.3 Å². The average Bonchev–Trinajstić information content (AvgIpc) is 3.11. The molecule has 0 aromatic carbocycles. The summed E-state index contributed by atoms with van der Waals surface area (Å²) in [5.74, 6) is 1.87. The summed E-state index contributed by atoms with van der Waals surface area (Å²) in [6, 6.07) is 0. The Morgan fingerprint density at radius 2 is 1.76 bits per heavy atom. The molecule has 4 bridgehead atoms. The van der Waals surface area contributed by atoms with Crippen LogP contribution in [0.1, 0.15) is 69.9 Å². The van der Waals surface area contributed by atoms with E-state index in [4.69, 9.17) is 4.74 Å². The fourth-order valence-corrected chi connectivity index (χ4v) is 7.67. The van der Waals surface area contributed by atoms with Crippen LogP contribution < -0.4 is 10.6 Å². The average molecular weight is 475 g/mol. The summed E-state index contributed by atoms with van der Waals surface area (Å²) in [4.78, 5) is 45.1. The summed E-state index contributed by atoms with van der Waals surface area (Å²) < 4.78 is 5.47. The second-order valence-corrected chi connectivity index (χ2v) is 12.6. The lowest BCUT2D eigenvalue weighted by atomic mass is 9.49. The van der Waals surface area contributed by atoms with Crippen molar-refractivity contribution >= 4 is 34.4 Å². The van der Waals surface area contributed by atoms with E-state index in [0.717, 1.165) is 29.8 Å². The molecule has 2 N–H and O–H groups in total. The minimum absolute atomic E-state index is 0.0329. The molecule has 5 aliphatic rings.